The number of benzene rings is 1. The second-order valence-electron chi connectivity index (χ2n) is 15.2. The molecule has 12 nitrogen and oxygen atoms in total. The Morgan fingerprint density at radius 1 is 0.946 bits per heavy atom. The summed E-state index contributed by atoms with van der Waals surface area (Å²) >= 11 is 0. The van der Waals surface area contributed by atoms with Gasteiger partial charge in [-0.2, -0.15) is 13.2 Å². The van der Waals surface area contributed by atoms with E-state index in [9.17, 15) is 27.6 Å². The number of hydrogen-bond acceptors (Lipinski definition) is 9. The van der Waals surface area contributed by atoms with Crippen molar-refractivity contribution in [2.45, 2.75) is 102 Å². The Balaban J connectivity index is 0.000000198. The van der Waals surface area contributed by atoms with Crippen LogP contribution in [0.2, 0.25) is 0 Å². The lowest BCUT2D eigenvalue weighted by molar-refractivity contribution is -0.141. The predicted octanol–water partition coefficient (Wildman–Crippen LogP) is 7.27. The fourth-order valence-electron chi connectivity index (χ4n) is 7.45. The summed E-state index contributed by atoms with van der Waals surface area (Å²) in [5.41, 5.74) is 2.69. The number of nitrogens with one attached hydrogen (secondary N) is 3. The third kappa shape index (κ3) is 10.4. The van der Waals surface area contributed by atoms with E-state index in [1.54, 1.807) is 12.3 Å². The topological polar surface area (TPSA) is 133 Å². The van der Waals surface area contributed by atoms with Gasteiger partial charge < -0.3 is 29.6 Å². The quantitative estimate of drug-likeness (QED) is 0.150. The molecule has 15 heteroatoms. The number of aromatic nitrogens is 3. The molecule has 2 aliphatic heterocycles. The van der Waals surface area contributed by atoms with Crippen molar-refractivity contribution in [2.75, 3.05) is 42.7 Å². The maximum atomic E-state index is 13.0. The third-order valence-electron chi connectivity index (χ3n) is 10.5. The Morgan fingerprint density at radius 3 is 2.36 bits per heavy atom. The smallest absolute Gasteiger partial charge is 0.433 e. The van der Waals surface area contributed by atoms with Crippen molar-refractivity contribution in [1.82, 2.24) is 24.6 Å². The van der Waals surface area contributed by atoms with Gasteiger partial charge in [0, 0.05) is 61.3 Å². The summed E-state index contributed by atoms with van der Waals surface area (Å²) in [6.45, 7) is 5.79. The van der Waals surface area contributed by atoms with E-state index in [1.165, 1.54) is 31.0 Å². The molecule has 3 aliphatic rings. The second-order valence-corrected chi connectivity index (χ2v) is 15.2. The van der Waals surface area contributed by atoms with E-state index in [4.69, 9.17) is 9.72 Å². The largest absolute Gasteiger partial charge is 0.489 e. The van der Waals surface area contributed by atoms with Gasteiger partial charge in [-0.05, 0) is 90.4 Å². The maximum absolute atomic E-state index is 13.0. The number of imidazole rings is 1. The minimum absolute atomic E-state index is 0.174. The highest BCUT2D eigenvalue weighted by molar-refractivity contribution is 6.04. The van der Waals surface area contributed by atoms with Crippen LogP contribution in [0.15, 0.2) is 60.9 Å². The van der Waals surface area contributed by atoms with Crippen molar-refractivity contribution < 1.29 is 32.3 Å². The van der Waals surface area contributed by atoms with Crippen LogP contribution in [0.3, 0.4) is 0 Å². The van der Waals surface area contributed by atoms with Crippen molar-refractivity contribution in [2.24, 2.45) is 0 Å². The summed E-state index contributed by atoms with van der Waals surface area (Å²) in [7, 11) is 4.29. The fraction of sp³-hybridized carbons (Fsp3) is 0.488. The second kappa shape index (κ2) is 17.7. The van der Waals surface area contributed by atoms with E-state index < -0.39 is 17.8 Å². The van der Waals surface area contributed by atoms with Crippen LogP contribution in [0.4, 0.5) is 30.2 Å². The number of fused-ring (bicyclic) bond motifs is 1. The summed E-state index contributed by atoms with van der Waals surface area (Å²) in [6, 6.07) is 13.5. The van der Waals surface area contributed by atoms with Gasteiger partial charge in [0.05, 0.1) is 11.8 Å². The lowest BCUT2D eigenvalue weighted by Gasteiger charge is -2.36. The van der Waals surface area contributed by atoms with Gasteiger partial charge in [0.15, 0.2) is 0 Å². The lowest BCUT2D eigenvalue weighted by atomic mass is 9.87. The van der Waals surface area contributed by atoms with E-state index in [0.717, 1.165) is 62.3 Å². The van der Waals surface area contributed by atoms with Crippen LogP contribution in [-0.4, -0.2) is 82.4 Å². The average molecular weight is 777 g/mol. The zero-order valence-corrected chi connectivity index (χ0v) is 32.4. The molecule has 4 aromatic rings. The van der Waals surface area contributed by atoms with Gasteiger partial charge in [-0.1, -0.05) is 31.4 Å². The summed E-state index contributed by atoms with van der Waals surface area (Å²) in [6.07, 6.45) is 7.90. The standard InChI is InChI=1S/C23H25F3N4O2.C18H26N4O2/c1-14(2)32-19-11-21-28-17(15-7-4-3-5-8-15)12-30(21)13-18(19)29-22(31)16-9-6-10-20(27-16)23(24,25)26;1-21(2)14-8-10-22(11-9-14)15-5-3-4-13(12-15)19-16-6-7-17(23)20-18(16)24/h6,9-15H,3-5,7-8H2,1-2H3,(H,29,31);3-5,12,14,16,19H,6-11H2,1-2H3,(H,20,23,24). The average Bonchev–Trinajstić information content (AvgIpc) is 3.59. The molecule has 0 spiro atoms. The number of imide groups is 1. The molecular formula is C41H51F3N8O4. The first-order valence-electron chi connectivity index (χ1n) is 19.4. The number of carbonyl (C=O) groups excluding carboxylic acids is 3. The molecular weight excluding hydrogens is 725 g/mol. The van der Waals surface area contributed by atoms with E-state index in [1.807, 2.05) is 36.6 Å². The highest BCUT2D eigenvalue weighted by Gasteiger charge is 2.33. The SMILES string of the molecule is CC(C)Oc1cc2nc(C3CCCCC3)cn2cc1NC(=O)c1cccc(C(F)(F)F)n1.CN(C)C1CCN(c2cccc(NC3CCC(=O)NC3=O)c2)CC1. The molecule has 0 radical (unpaired) electrons. The molecule has 2 saturated heterocycles. The molecule has 3 fully saturated rings. The van der Waals surface area contributed by atoms with Crippen LogP contribution < -0.4 is 25.6 Å². The van der Waals surface area contributed by atoms with Gasteiger partial charge in [-0.3, -0.25) is 19.7 Å². The Bertz CT molecular complexity index is 2000. The van der Waals surface area contributed by atoms with E-state index >= 15 is 0 Å². The third-order valence-corrected chi connectivity index (χ3v) is 10.5. The van der Waals surface area contributed by atoms with Crippen LogP contribution >= 0.6 is 0 Å². The monoisotopic (exact) mass is 776 g/mol. The van der Waals surface area contributed by atoms with Crippen LogP contribution in [0.1, 0.15) is 99.4 Å². The van der Waals surface area contributed by atoms with Gasteiger partial charge in [-0.25, -0.2) is 9.97 Å². The molecule has 0 bridgehead atoms. The first-order valence-corrected chi connectivity index (χ1v) is 19.4. The zero-order valence-electron chi connectivity index (χ0n) is 32.4. The number of anilines is 3. The zero-order chi connectivity index (χ0) is 40.0. The molecule has 1 aliphatic carbocycles. The molecule has 1 saturated carbocycles. The normalized spacial score (nSPS) is 18.4. The van der Waals surface area contributed by atoms with Crippen LogP contribution in [0, 0.1) is 0 Å². The molecule has 56 heavy (non-hydrogen) atoms. The molecule has 3 N–H and O–H groups in total. The molecule has 300 valence electrons. The van der Waals surface area contributed by atoms with Crippen molar-refractivity contribution in [1.29, 1.82) is 0 Å². The minimum Gasteiger partial charge on any atom is -0.489 e. The Labute approximate surface area is 325 Å². The predicted molar refractivity (Wildman–Crippen MR) is 209 cm³/mol. The van der Waals surface area contributed by atoms with Crippen molar-refractivity contribution in [3.05, 3.63) is 78.0 Å². The molecule has 1 atom stereocenters. The highest BCUT2D eigenvalue weighted by atomic mass is 19.4. The van der Waals surface area contributed by atoms with E-state index in [0.29, 0.717) is 41.9 Å². The van der Waals surface area contributed by atoms with Gasteiger partial charge in [0.25, 0.3) is 5.91 Å². The Kier molecular flexibility index (Phi) is 12.8. The molecule has 3 amide bonds. The van der Waals surface area contributed by atoms with Crippen LogP contribution in [-0.2, 0) is 15.8 Å². The summed E-state index contributed by atoms with van der Waals surface area (Å²) in [5, 5.41) is 8.30. The summed E-state index contributed by atoms with van der Waals surface area (Å²) < 4.78 is 46.6. The Morgan fingerprint density at radius 2 is 1.68 bits per heavy atom. The summed E-state index contributed by atoms with van der Waals surface area (Å²) in [4.78, 5) is 48.7. The van der Waals surface area contributed by atoms with Crippen molar-refractivity contribution in [3.8, 4) is 5.75 Å². The number of pyridine rings is 2. The number of amides is 3. The Hall–Kier alpha value is -5.18. The number of carbonyl (C=O) groups is 3. The molecule has 1 unspecified atom stereocenters. The van der Waals surface area contributed by atoms with Gasteiger partial charge >= 0.3 is 6.18 Å². The van der Waals surface area contributed by atoms with Crippen molar-refractivity contribution in [3.63, 3.8) is 0 Å². The highest BCUT2D eigenvalue weighted by Crippen LogP contribution is 2.35. The molecule has 3 aromatic heterocycles. The molecule has 7 rings (SSSR count). The first-order chi connectivity index (χ1) is 26.7. The number of alkyl halides is 3. The molecule has 1 aromatic carbocycles. The van der Waals surface area contributed by atoms with E-state index in [-0.39, 0.29) is 29.7 Å². The van der Waals surface area contributed by atoms with Crippen LogP contribution in [0.25, 0.3) is 5.65 Å². The summed E-state index contributed by atoms with van der Waals surface area (Å²) in [5.74, 6) is -0.366. The number of rotatable bonds is 9. The van der Waals surface area contributed by atoms with E-state index in [2.05, 4.69) is 57.0 Å². The number of piperidine rings is 2. The van der Waals surface area contributed by atoms with Gasteiger partial charge in [0.2, 0.25) is 11.8 Å². The fourth-order valence-corrected chi connectivity index (χ4v) is 7.45. The minimum atomic E-state index is -4.63. The maximum Gasteiger partial charge on any atom is 0.433 e. The number of hydrogen-bond donors (Lipinski definition) is 3. The van der Waals surface area contributed by atoms with Crippen molar-refractivity contribution >= 4 is 40.4 Å². The van der Waals surface area contributed by atoms with Gasteiger partial charge in [-0.15, -0.1) is 0 Å². The number of halogens is 3. The molecule has 5 heterocycles. The lowest BCUT2D eigenvalue weighted by Crippen LogP contribution is -2.47. The van der Waals surface area contributed by atoms with Gasteiger partial charge in [0.1, 0.15) is 34.5 Å². The number of nitrogens with zero attached hydrogens (tertiary/aromatic N) is 5. The number of ether oxygens (including phenoxy) is 1. The van der Waals surface area contributed by atoms with Crippen LogP contribution in [0.5, 0.6) is 5.75 Å². The first kappa shape index (κ1) is 40.5.